The Bertz CT molecular complexity index is 1050. The second kappa shape index (κ2) is 8.07. The second-order valence-electron chi connectivity index (χ2n) is 7.30. The van der Waals surface area contributed by atoms with E-state index in [0.717, 1.165) is 7.11 Å². The summed E-state index contributed by atoms with van der Waals surface area (Å²) in [6, 6.07) is 6.09. The fraction of sp³-hybridized carbons (Fsp3) is 0.318. The van der Waals surface area contributed by atoms with Crippen LogP contribution in [0.25, 0.3) is 0 Å². The number of rotatable bonds is 5. The van der Waals surface area contributed by atoms with Crippen LogP contribution >= 0.6 is 0 Å². The molecular weight excluding hydrogens is 402 g/mol. The Kier molecular flexibility index (Phi) is 5.66. The van der Waals surface area contributed by atoms with Gasteiger partial charge >= 0.3 is 11.9 Å². The monoisotopic (exact) mass is 423 g/mol. The number of carbonyl (C=O) groups excluding carboxylic acids is 4. The summed E-state index contributed by atoms with van der Waals surface area (Å²) < 4.78 is 9.67. The number of esters is 2. The lowest BCUT2D eigenvalue weighted by Crippen LogP contribution is -2.45. The minimum absolute atomic E-state index is 0.246. The Morgan fingerprint density at radius 1 is 1.13 bits per heavy atom. The number of benzene rings is 1. The van der Waals surface area contributed by atoms with Gasteiger partial charge in [-0.2, -0.15) is 5.26 Å². The first-order valence-corrected chi connectivity index (χ1v) is 9.38. The molecule has 9 nitrogen and oxygen atoms in total. The average Bonchev–Trinajstić information content (AvgIpc) is 3.08. The highest BCUT2D eigenvalue weighted by Gasteiger charge is 2.66. The molecule has 1 aromatic rings. The number of amides is 1. The molecule has 1 fully saturated rings. The van der Waals surface area contributed by atoms with Gasteiger partial charge in [0.05, 0.1) is 31.9 Å². The number of ether oxygens (including phenoxy) is 2. The molecule has 4 atom stereocenters. The maximum absolute atomic E-state index is 13.0. The van der Waals surface area contributed by atoms with Crippen molar-refractivity contribution in [2.45, 2.75) is 24.9 Å². The third kappa shape index (κ3) is 3.26. The normalized spacial score (nSPS) is 26.3. The number of allylic oxidation sites excluding steroid dienone is 2. The summed E-state index contributed by atoms with van der Waals surface area (Å²) in [5.74, 6) is -3.43. The molecule has 0 radical (unpaired) electrons. The van der Waals surface area contributed by atoms with Crippen molar-refractivity contribution in [3.05, 3.63) is 59.3 Å². The van der Waals surface area contributed by atoms with Gasteiger partial charge in [-0.05, 0) is 24.6 Å². The van der Waals surface area contributed by atoms with Crippen LogP contribution < -0.4 is 5.73 Å². The van der Waals surface area contributed by atoms with Crippen LogP contribution in [0.5, 0.6) is 0 Å². The number of fused-ring (bicyclic) bond motifs is 1. The predicted molar refractivity (Wildman–Crippen MR) is 107 cm³/mol. The molecule has 2 N–H and O–H groups in total. The first-order valence-electron chi connectivity index (χ1n) is 9.38. The number of primary amides is 1. The average molecular weight is 423 g/mol. The third-order valence-corrected chi connectivity index (χ3v) is 5.76. The van der Waals surface area contributed by atoms with E-state index in [1.165, 1.54) is 49.4 Å². The third-order valence-electron chi connectivity index (χ3n) is 5.76. The number of ketones is 1. The first-order chi connectivity index (χ1) is 14.7. The first kappa shape index (κ1) is 21.8. The van der Waals surface area contributed by atoms with E-state index in [0.29, 0.717) is 11.1 Å². The van der Waals surface area contributed by atoms with Crippen LogP contribution in [0.4, 0.5) is 0 Å². The molecule has 1 amide bonds. The standard InChI is InChI=1S/C22H21N3O6/c1-12(26)15-8-9-16-22(11-23,21(29)31-3)17(18(19(24)27)25(16)10-15)13-4-6-14(7-5-13)20(28)30-2/h4-10,16-18H,1-3H3,(H2,24,27). The van der Waals surface area contributed by atoms with Gasteiger partial charge in [-0.25, -0.2) is 4.79 Å². The van der Waals surface area contributed by atoms with Gasteiger partial charge in [0, 0.05) is 17.7 Å². The lowest BCUT2D eigenvalue weighted by atomic mass is 9.68. The van der Waals surface area contributed by atoms with Gasteiger partial charge in [-0.15, -0.1) is 0 Å². The lowest BCUT2D eigenvalue weighted by Gasteiger charge is -2.32. The molecule has 0 bridgehead atoms. The molecule has 1 saturated heterocycles. The van der Waals surface area contributed by atoms with E-state index in [9.17, 15) is 24.4 Å². The van der Waals surface area contributed by atoms with Crippen molar-refractivity contribution < 1.29 is 28.7 Å². The summed E-state index contributed by atoms with van der Waals surface area (Å²) >= 11 is 0. The molecule has 31 heavy (non-hydrogen) atoms. The van der Waals surface area contributed by atoms with Crippen molar-refractivity contribution in [3.63, 3.8) is 0 Å². The van der Waals surface area contributed by atoms with E-state index in [1.807, 2.05) is 0 Å². The van der Waals surface area contributed by atoms with Crippen LogP contribution in [0, 0.1) is 16.7 Å². The Morgan fingerprint density at radius 3 is 2.26 bits per heavy atom. The van der Waals surface area contributed by atoms with Gasteiger partial charge in [0.2, 0.25) is 5.91 Å². The Morgan fingerprint density at radius 2 is 1.77 bits per heavy atom. The number of carbonyl (C=O) groups is 4. The van der Waals surface area contributed by atoms with Gasteiger partial charge in [-0.3, -0.25) is 14.4 Å². The zero-order chi connectivity index (χ0) is 22.9. The number of methoxy groups -OCH3 is 2. The molecule has 2 aliphatic rings. The predicted octanol–water partition coefficient (Wildman–Crippen LogP) is 0.821. The molecule has 2 heterocycles. The zero-order valence-electron chi connectivity index (χ0n) is 17.2. The van der Waals surface area contributed by atoms with Crippen LogP contribution in [0.1, 0.15) is 28.8 Å². The van der Waals surface area contributed by atoms with E-state index in [4.69, 9.17) is 15.2 Å². The lowest BCUT2D eigenvalue weighted by molar-refractivity contribution is -0.150. The summed E-state index contributed by atoms with van der Waals surface area (Å²) in [7, 11) is 2.40. The van der Waals surface area contributed by atoms with Crippen molar-refractivity contribution >= 4 is 23.6 Å². The molecule has 2 aliphatic heterocycles. The van der Waals surface area contributed by atoms with Crippen LogP contribution in [0.2, 0.25) is 0 Å². The Labute approximate surface area is 178 Å². The van der Waals surface area contributed by atoms with E-state index in [1.54, 1.807) is 12.1 Å². The summed E-state index contributed by atoms with van der Waals surface area (Å²) in [6.07, 6.45) is 4.50. The smallest absolute Gasteiger partial charge is 0.337 e. The maximum atomic E-state index is 13.0. The number of Topliss-reactive ketones (excluding diaryl/α,β-unsaturated/α-hetero) is 1. The molecule has 1 aromatic carbocycles. The zero-order valence-corrected chi connectivity index (χ0v) is 17.2. The number of nitrogens with zero attached hydrogens (tertiary/aromatic N) is 2. The quantitative estimate of drug-likeness (QED) is 0.687. The highest BCUT2D eigenvalue weighted by atomic mass is 16.5. The number of hydrogen-bond acceptors (Lipinski definition) is 8. The van der Waals surface area contributed by atoms with Crippen molar-refractivity contribution in [2.75, 3.05) is 14.2 Å². The Hall–Kier alpha value is -3.93. The second-order valence-corrected chi connectivity index (χ2v) is 7.30. The molecule has 0 aromatic heterocycles. The van der Waals surface area contributed by atoms with Gasteiger partial charge in [-0.1, -0.05) is 24.3 Å². The molecule has 0 saturated carbocycles. The number of nitriles is 1. The van der Waals surface area contributed by atoms with Crippen molar-refractivity contribution in [3.8, 4) is 6.07 Å². The van der Waals surface area contributed by atoms with Crippen LogP contribution in [0.15, 0.2) is 48.2 Å². The molecule has 4 unspecified atom stereocenters. The maximum Gasteiger partial charge on any atom is 0.337 e. The van der Waals surface area contributed by atoms with Crippen molar-refractivity contribution in [1.29, 1.82) is 5.26 Å². The summed E-state index contributed by atoms with van der Waals surface area (Å²) in [6.45, 7) is 1.37. The largest absolute Gasteiger partial charge is 0.468 e. The van der Waals surface area contributed by atoms with Gasteiger partial charge < -0.3 is 20.1 Å². The van der Waals surface area contributed by atoms with Crippen LogP contribution in [0.3, 0.4) is 0 Å². The molecule has 0 aliphatic carbocycles. The fourth-order valence-electron chi connectivity index (χ4n) is 4.33. The van der Waals surface area contributed by atoms with Crippen molar-refractivity contribution in [2.24, 2.45) is 11.1 Å². The fourth-order valence-corrected chi connectivity index (χ4v) is 4.33. The SMILES string of the molecule is COC(=O)c1ccc(C2C(C(N)=O)N3C=C(C(C)=O)C=CC3C2(C#N)C(=O)OC)cc1. The topological polar surface area (TPSA) is 140 Å². The van der Waals surface area contributed by atoms with Crippen LogP contribution in [-0.4, -0.2) is 54.8 Å². The highest BCUT2D eigenvalue weighted by Crippen LogP contribution is 2.53. The number of hydrogen-bond donors (Lipinski definition) is 1. The Balaban J connectivity index is 2.24. The van der Waals surface area contributed by atoms with Crippen molar-refractivity contribution in [1.82, 2.24) is 4.90 Å². The molecule has 3 rings (SSSR count). The van der Waals surface area contributed by atoms with E-state index in [2.05, 4.69) is 6.07 Å². The molecule has 0 spiro atoms. The number of nitrogens with two attached hydrogens (primary N) is 1. The van der Waals surface area contributed by atoms with E-state index >= 15 is 0 Å². The minimum atomic E-state index is -1.82. The molecular formula is C22H21N3O6. The summed E-state index contributed by atoms with van der Waals surface area (Å²) in [5, 5.41) is 10.2. The summed E-state index contributed by atoms with van der Waals surface area (Å²) in [4.78, 5) is 50.7. The molecule has 160 valence electrons. The van der Waals surface area contributed by atoms with E-state index < -0.39 is 41.3 Å². The van der Waals surface area contributed by atoms with Gasteiger partial charge in [0.15, 0.2) is 11.2 Å². The van der Waals surface area contributed by atoms with Gasteiger partial charge in [0.1, 0.15) is 6.04 Å². The summed E-state index contributed by atoms with van der Waals surface area (Å²) in [5.41, 5.74) is 4.90. The van der Waals surface area contributed by atoms with Crippen LogP contribution in [-0.2, 0) is 23.9 Å². The minimum Gasteiger partial charge on any atom is -0.468 e. The van der Waals surface area contributed by atoms with E-state index in [-0.39, 0.29) is 11.3 Å². The van der Waals surface area contributed by atoms with Gasteiger partial charge in [0.25, 0.3) is 0 Å². The molecule has 9 heteroatoms. The highest BCUT2D eigenvalue weighted by molar-refractivity contribution is 5.97.